The highest BCUT2D eigenvalue weighted by Gasteiger charge is 2.14. The molecule has 2 heterocycles. The topological polar surface area (TPSA) is 92.5 Å². The maximum absolute atomic E-state index is 6.13. The Balaban J connectivity index is 1.67. The molecule has 3 rings (SSSR count). The van der Waals surface area contributed by atoms with Crippen molar-refractivity contribution in [2.45, 2.75) is 12.5 Å². The number of aromatic nitrogens is 4. The molecule has 0 amide bonds. The fourth-order valence-electron chi connectivity index (χ4n) is 1.80. The molecule has 0 saturated carbocycles. The number of imidazole rings is 1. The van der Waals surface area contributed by atoms with Gasteiger partial charge < -0.3 is 16.0 Å². The summed E-state index contributed by atoms with van der Waals surface area (Å²) in [6, 6.07) is 9.68. The van der Waals surface area contributed by atoms with E-state index in [9.17, 15) is 0 Å². The van der Waals surface area contributed by atoms with Crippen molar-refractivity contribution in [1.29, 1.82) is 0 Å². The number of nitrogens with zero attached hydrogens (tertiary/aromatic N) is 3. The first-order chi connectivity index (χ1) is 9.81. The highest BCUT2D eigenvalue weighted by molar-refractivity contribution is 7.15. The summed E-state index contributed by atoms with van der Waals surface area (Å²) in [4.78, 5) is 7.01. The molecular weight excluding hydrogens is 272 g/mol. The fourth-order valence-corrected chi connectivity index (χ4v) is 2.57. The molecule has 0 aliphatic carbocycles. The molecule has 2 aromatic heterocycles. The van der Waals surface area contributed by atoms with E-state index < -0.39 is 0 Å². The predicted octanol–water partition coefficient (Wildman–Crippen LogP) is 2.25. The summed E-state index contributed by atoms with van der Waals surface area (Å²) >= 11 is 1.47. The molecular formula is C13H14N6S. The largest absolute Gasteiger partial charge is 0.348 e. The Hall–Kier alpha value is -2.25. The first-order valence-corrected chi connectivity index (χ1v) is 7.01. The van der Waals surface area contributed by atoms with E-state index in [4.69, 9.17) is 5.73 Å². The van der Waals surface area contributed by atoms with Crippen molar-refractivity contribution in [3.63, 3.8) is 0 Å². The van der Waals surface area contributed by atoms with Crippen molar-refractivity contribution in [3.8, 4) is 0 Å². The summed E-state index contributed by atoms with van der Waals surface area (Å²) in [6.07, 6.45) is 4.08. The lowest BCUT2D eigenvalue weighted by atomic mass is 10.2. The first kappa shape index (κ1) is 12.8. The number of para-hydroxylation sites is 1. The number of hydrogen-bond donors (Lipinski definition) is 3. The predicted molar refractivity (Wildman–Crippen MR) is 78.9 cm³/mol. The highest BCUT2D eigenvalue weighted by atomic mass is 32.1. The molecule has 0 radical (unpaired) electrons. The Labute approximate surface area is 120 Å². The summed E-state index contributed by atoms with van der Waals surface area (Å²) in [5.41, 5.74) is 8.10. The Morgan fingerprint density at radius 3 is 2.85 bits per heavy atom. The summed E-state index contributed by atoms with van der Waals surface area (Å²) in [5, 5.41) is 13.0. The van der Waals surface area contributed by atoms with Crippen LogP contribution in [-0.2, 0) is 6.42 Å². The number of hydrogen-bond acceptors (Lipinski definition) is 6. The van der Waals surface area contributed by atoms with E-state index in [-0.39, 0.29) is 6.04 Å². The normalized spacial score (nSPS) is 12.2. The van der Waals surface area contributed by atoms with Crippen LogP contribution in [-0.4, -0.2) is 20.2 Å². The minimum Gasteiger partial charge on any atom is -0.348 e. The van der Waals surface area contributed by atoms with Crippen LogP contribution >= 0.6 is 11.3 Å². The number of H-pyrrole nitrogens is 1. The van der Waals surface area contributed by atoms with Crippen LogP contribution < -0.4 is 11.1 Å². The van der Waals surface area contributed by atoms with Gasteiger partial charge in [0.15, 0.2) is 0 Å². The molecule has 1 unspecified atom stereocenters. The van der Waals surface area contributed by atoms with E-state index in [1.54, 1.807) is 12.5 Å². The summed E-state index contributed by atoms with van der Waals surface area (Å²) < 4.78 is 0. The molecule has 3 aromatic rings. The smallest absolute Gasteiger partial charge is 0.210 e. The second kappa shape index (κ2) is 5.81. The van der Waals surface area contributed by atoms with Gasteiger partial charge in [0.05, 0.1) is 12.4 Å². The van der Waals surface area contributed by atoms with Crippen LogP contribution in [0.2, 0.25) is 0 Å². The van der Waals surface area contributed by atoms with Crippen molar-refractivity contribution in [3.05, 3.63) is 53.6 Å². The Bertz CT molecular complexity index is 649. The molecule has 7 heteroatoms. The molecule has 0 aliphatic heterocycles. The number of nitrogens with one attached hydrogen (secondary N) is 2. The standard InChI is InChI=1S/C13H14N6S/c14-11(6-10-7-15-8-16-10)12-18-19-13(20-12)17-9-4-2-1-3-5-9/h1-5,7-8,11H,6,14H2,(H,15,16)(H,17,19). The molecule has 4 N–H and O–H groups in total. The van der Waals surface area contributed by atoms with Gasteiger partial charge in [0.1, 0.15) is 5.01 Å². The van der Waals surface area contributed by atoms with E-state index in [2.05, 4.69) is 25.5 Å². The van der Waals surface area contributed by atoms with Crippen LogP contribution in [0.3, 0.4) is 0 Å². The van der Waals surface area contributed by atoms with Gasteiger partial charge in [0.25, 0.3) is 0 Å². The highest BCUT2D eigenvalue weighted by Crippen LogP contribution is 2.24. The number of rotatable bonds is 5. The SMILES string of the molecule is NC(Cc1cnc[nH]1)c1nnc(Nc2ccccc2)s1. The maximum Gasteiger partial charge on any atom is 0.210 e. The van der Waals surface area contributed by atoms with E-state index in [1.807, 2.05) is 30.3 Å². The van der Waals surface area contributed by atoms with E-state index in [1.165, 1.54) is 11.3 Å². The molecule has 0 aliphatic rings. The number of benzene rings is 1. The average Bonchev–Trinajstić information content (AvgIpc) is 3.11. The monoisotopic (exact) mass is 286 g/mol. The van der Waals surface area contributed by atoms with Gasteiger partial charge in [0, 0.05) is 24.0 Å². The van der Waals surface area contributed by atoms with Gasteiger partial charge in [-0.05, 0) is 12.1 Å². The Morgan fingerprint density at radius 1 is 1.25 bits per heavy atom. The molecule has 20 heavy (non-hydrogen) atoms. The maximum atomic E-state index is 6.13. The zero-order valence-corrected chi connectivity index (χ0v) is 11.5. The van der Waals surface area contributed by atoms with Crippen LogP contribution in [0.5, 0.6) is 0 Å². The lowest BCUT2D eigenvalue weighted by Gasteiger charge is -2.05. The van der Waals surface area contributed by atoms with E-state index in [0.29, 0.717) is 6.42 Å². The van der Waals surface area contributed by atoms with Crippen molar-refractivity contribution in [2.24, 2.45) is 5.73 Å². The minimum absolute atomic E-state index is 0.181. The van der Waals surface area contributed by atoms with Crippen molar-refractivity contribution in [1.82, 2.24) is 20.2 Å². The molecule has 0 saturated heterocycles. The second-order valence-corrected chi connectivity index (χ2v) is 5.33. The second-order valence-electron chi connectivity index (χ2n) is 4.32. The lowest BCUT2D eigenvalue weighted by Crippen LogP contribution is -2.13. The van der Waals surface area contributed by atoms with Gasteiger partial charge in [-0.1, -0.05) is 29.5 Å². The molecule has 102 valence electrons. The number of anilines is 2. The molecule has 6 nitrogen and oxygen atoms in total. The number of aromatic amines is 1. The first-order valence-electron chi connectivity index (χ1n) is 6.19. The van der Waals surface area contributed by atoms with Gasteiger partial charge in [-0.3, -0.25) is 0 Å². The fraction of sp³-hybridized carbons (Fsp3) is 0.154. The zero-order chi connectivity index (χ0) is 13.8. The molecule has 0 spiro atoms. The van der Waals surface area contributed by atoms with Crippen molar-refractivity contribution in [2.75, 3.05) is 5.32 Å². The van der Waals surface area contributed by atoms with E-state index >= 15 is 0 Å². The van der Waals surface area contributed by atoms with Gasteiger partial charge in [-0.15, -0.1) is 10.2 Å². The number of nitrogens with two attached hydrogens (primary N) is 1. The minimum atomic E-state index is -0.181. The molecule has 1 atom stereocenters. The third-order valence-electron chi connectivity index (χ3n) is 2.78. The van der Waals surface area contributed by atoms with Crippen LogP contribution in [0.4, 0.5) is 10.8 Å². The lowest BCUT2D eigenvalue weighted by molar-refractivity contribution is 0.693. The quantitative estimate of drug-likeness (QED) is 0.669. The molecule has 1 aromatic carbocycles. The Morgan fingerprint density at radius 2 is 2.10 bits per heavy atom. The van der Waals surface area contributed by atoms with Gasteiger partial charge in [-0.2, -0.15) is 0 Å². The van der Waals surface area contributed by atoms with Gasteiger partial charge in [-0.25, -0.2) is 4.98 Å². The van der Waals surface area contributed by atoms with Crippen molar-refractivity contribution < 1.29 is 0 Å². The summed E-state index contributed by atoms with van der Waals surface area (Å²) in [7, 11) is 0. The molecule has 0 bridgehead atoms. The third kappa shape index (κ3) is 3.01. The van der Waals surface area contributed by atoms with E-state index in [0.717, 1.165) is 21.5 Å². The van der Waals surface area contributed by atoms with Gasteiger partial charge >= 0.3 is 0 Å². The molecule has 0 fully saturated rings. The average molecular weight is 286 g/mol. The Kier molecular flexibility index (Phi) is 3.71. The zero-order valence-electron chi connectivity index (χ0n) is 10.7. The van der Waals surface area contributed by atoms with Crippen LogP contribution in [0.15, 0.2) is 42.9 Å². The van der Waals surface area contributed by atoms with Crippen LogP contribution in [0.25, 0.3) is 0 Å². The van der Waals surface area contributed by atoms with Crippen LogP contribution in [0, 0.1) is 0 Å². The van der Waals surface area contributed by atoms with Gasteiger partial charge in [0.2, 0.25) is 5.13 Å². The van der Waals surface area contributed by atoms with Crippen LogP contribution in [0.1, 0.15) is 16.7 Å². The van der Waals surface area contributed by atoms with Crippen molar-refractivity contribution >= 4 is 22.2 Å². The third-order valence-corrected chi connectivity index (χ3v) is 3.75. The summed E-state index contributed by atoms with van der Waals surface area (Å²) in [6.45, 7) is 0. The summed E-state index contributed by atoms with van der Waals surface area (Å²) in [5.74, 6) is 0.